The summed E-state index contributed by atoms with van der Waals surface area (Å²) in [6, 6.07) is 11.7. The minimum atomic E-state index is -4.01. The predicted octanol–water partition coefficient (Wildman–Crippen LogP) is 3.71. The highest BCUT2D eigenvalue weighted by Crippen LogP contribution is 2.33. The second kappa shape index (κ2) is 10.8. The fraction of sp³-hybridized carbons (Fsp3) is 0.269. The molecule has 0 saturated heterocycles. The monoisotopic (exact) mass is 560 g/mol. The van der Waals surface area contributed by atoms with E-state index in [4.69, 9.17) is 28.9 Å². The molecule has 1 aromatic heterocycles. The molecule has 8 nitrogen and oxygen atoms in total. The van der Waals surface area contributed by atoms with Gasteiger partial charge in [0, 0.05) is 19.0 Å². The number of fused-ring (bicyclic) bond motifs is 1. The maximum Gasteiger partial charge on any atom is 0.264 e. The van der Waals surface area contributed by atoms with Crippen LogP contribution in [0.4, 0.5) is 5.69 Å². The van der Waals surface area contributed by atoms with Gasteiger partial charge in [-0.1, -0.05) is 41.4 Å². The maximum atomic E-state index is 13.8. The summed E-state index contributed by atoms with van der Waals surface area (Å²) >= 11 is 12.4. The largest absolute Gasteiger partial charge is 0.350 e. The maximum absolute atomic E-state index is 13.8. The van der Waals surface area contributed by atoms with Crippen LogP contribution >= 0.6 is 23.2 Å². The normalized spacial score (nSPS) is 16.1. The number of pyridine rings is 1. The Balaban J connectivity index is 1.73. The third-order valence-electron chi connectivity index (χ3n) is 6.04. The van der Waals surface area contributed by atoms with Gasteiger partial charge < -0.3 is 11.1 Å². The highest BCUT2D eigenvalue weighted by atomic mass is 35.5. The van der Waals surface area contributed by atoms with Crippen molar-refractivity contribution in [3.8, 4) is 0 Å². The predicted molar refractivity (Wildman–Crippen MR) is 144 cm³/mol. The molecule has 3 N–H and O–H groups in total. The lowest BCUT2D eigenvalue weighted by Crippen LogP contribution is -2.53. The molecule has 0 radical (unpaired) electrons. The van der Waals surface area contributed by atoms with E-state index >= 15 is 0 Å². The van der Waals surface area contributed by atoms with Crippen LogP contribution in [0, 0.1) is 6.92 Å². The number of sulfonamides is 1. The minimum Gasteiger partial charge on any atom is -0.350 e. The number of carbonyl (C=O) groups excluding carboxylic acids is 2. The summed E-state index contributed by atoms with van der Waals surface area (Å²) in [5.41, 5.74) is 8.02. The number of nitrogens with two attached hydrogens (primary N) is 1. The first-order valence-electron chi connectivity index (χ1n) is 11.6. The summed E-state index contributed by atoms with van der Waals surface area (Å²) in [5.74, 6) is -0.705. The van der Waals surface area contributed by atoms with Crippen LogP contribution in [-0.4, -0.2) is 43.7 Å². The Hall–Kier alpha value is -2.98. The van der Waals surface area contributed by atoms with Gasteiger partial charge in [-0.25, -0.2) is 8.42 Å². The lowest BCUT2D eigenvalue weighted by molar-refractivity contribution is -0.122. The van der Waals surface area contributed by atoms with E-state index in [2.05, 4.69) is 10.3 Å². The number of amides is 1. The molecule has 2 aromatic carbocycles. The fourth-order valence-electron chi connectivity index (χ4n) is 4.19. The van der Waals surface area contributed by atoms with Crippen LogP contribution in [0.2, 0.25) is 10.0 Å². The molecule has 11 heteroatoms. The van der Waals surface area contributed by atoms with E-state index in [0.717, 1.165) is 5.56 Å². The zero-order valence-electron chi connectivity index (χ0n) is 20.2. The molecule has 0 spiro atoms. The zero-order valence-corrected chi connectivity index (χ0v) is 22.6. The first-order chi connectivity index (χ1) is 17.5. The number of hydrogen-bond donors (Lipinski definition) is 2. The molecule has 0 aliphatic carbocycles. The Morgan fingerprint density at radius 2 is 1.84 bits per heavy atom. The quantitative estimate of drug-likeness (QED) is 0.424. The van der Waals surface area contributed by atoms with Gasteiger partial charge in [-0.15, -0.1) is 0 Å². The molecule has 0 saturated carbocycles. The molecule has 0 fully saturated rings. The molecule has 2 heterocycles. The molecule has 2 atom stereocenters. The van der Waals surface area contributed by atoms with Crippen molar-refractivity contribution in [2.24, 2.45) is 5.73 Å². The Bertz CT molecular complexity index is 1460. The number of benzene rings is 2. The number of nitrogens with one attached hydrogen (secondary N) is 1. The third kappa shape index (κ3) is 5.80. The topological polar surface area (TPSA) is 122 Å². The Kier molecular flexibility index (Phi) is 7.89. The van der Waals surface area contributed by atoms with Gasteiger partial charge in [-0.05, 0) is 55.3 Å². The molecule has 0 bridgehead atoms. The van der Waals surface area contributed by atoms with Gasteiger partial charge in [-0.2, -0.15) is 0 Å². The first-order valence-corrected chi connectivity index (χ1v) is 13.8. The van der Waals surface area contributed by atoms with Crippen LogP contribution < -0.4 is 15.4 Å². The van der Waals surface area contributed by atoms with Gasteiger partial charge in [0.1, 0.15) is 0 Å². The van der Waals surface area contributed by atoms with Crippen LogP contribution in [0.1, 0.15) is 34.1 Å². The van der Waals surface area contributed by atoms with Crippen LogP contribution in [0.25, 0.3) is 0 Å². The number of anilines is 1. The molecule has 4 rings (SSSR count). The number of aromatic nitrogens is 1. The number of rotatable bonds is 7. The van der Waals surface area contributed by atoms with Gasteiger partial charge in [0.15, 0.2) is 5.78 Å². The Morgan fingerprint density at radius 1 is 1.16 bits per heavy atom. The van der Waals surface area contributed by atoms with E-state index in [9.17, 15) is 18.0 Å². The van der Waals surface area contributed by atoms with E-state index in [1.54, 1.807) is 56.3 Å². The first kappa shape index (κ1) is 27.1. The van der Waals surface area contributed by atoms with Gasteiger partial charge in [0.25, 0.3) is 10.0 Å². The average molecular weight is 561 g/mol. The standard InChI is InChI=1S/C26H26Cl2N4O4S/c1-15-5-3-6-19(9-15)37(35,36)32-14-18(31-26(34)16(2)29)12-22-23(32)10-17(13-30-22)11-24(33)25-20(27)7-4-8-21(25)28/h3-10,13,16,18H,11-12,14,29H2,1-2H3,(H,31,34)/t16-,18-/m0/s1. The number of halogens is 2. The highest BCUT2D eigenvalue weighted by molar-refractivity contribution is 7.92. The number of ketones is 1. The number of Topliss-reactive ketones (excluding diaryl/α,β-unsaturated/α-hetero) is 1. The summed E-state index contributed by atoms with van der Waals surface area (Å²) in [7, 11) is -4.01. The van der Waals surface area contributed by atoms with E-state index < -0.39 is 22.1 Å². The molecule has 194 valence electrons. The van der Waals surface area contributed by atoms with Gasteiger partial charge in [-0.3, -0.25) is 18.9 Å². The number of carbonyl (C=O) groups is 2. The molecule has 37 heavy (non-hydrogen) atoms. The summed E-state index contributed by atoms with van der Waals surface area (Å²) in [5, 5.41) is 3.28. The van der Waals surface area contributed by atoms with Crippen molar-refractivity contribution in [3.05, 3.63) is 87.2 Å². The molecule has 1 aliphatic heterocycles. The lowest BCUT2D eigenvalue weighted by Gasteiger charge is -2.35. The number of hydrogen-bond acceptors (Lipinski definition) is 6. The minimum absolute atomic E-state index is 0.0167. The Morgan fingerprint density at radius 3 is 2.49 bits per heavy atom. The van der Waals surface area contributed by atoms with E-state index in [-0.39, 0.29) is 45.2 Å². The van der Waals surface area contributed by atoms with E-state index in [0.29, 0.717) is 23.4 Å². The summed E-state index contributed by atoms with van der Waals surface area (Å²) in [4.78, 5) is 29.9. The Labute approximate surface area is 225 Å². The zero-order chi connectivity index (χ0) is 26.9. The average Bonchev–Trinajstić information content (AvgIpc) is 2.83. The fourth-order valence-corrected chi connectivity index (χ4v) is 6.43. The van der Waals surface area contributed by atoms with Crippen molar-refractivity contribution in [1.82, 2.24) is 10.3 Å². The van der Waals surface area contributed by atoms with Gasteiger partial charge >= 0.3 is 0 Å². The molecular formula is C26H26Cl2N4O4S. The third-order valence-corrected chi connectivity index (χ3v) is 8.45. The van der Waals surface area contributed by atoms with E-state index in [1.807, 2.05) is 0 Å². The highest BCUT2D eigenvalue weighted by Gasteiger charge is 2.35. The van der Waals surface area contributed by atoms with Crippen molar-refractivity contribution < 1.29 is 18.0 Å². The molecular weight excluding hydrogens is 535 g/mol. The summed E-state index contributed by atoms with van der Waals surface area (Å²) in [6.45, 7) is 3.34. The second-order valence-corrected chi connectivity index (χ2v) is 11.7. The summed E-state index contributed by atoms with van der Waals surface area (Å²) < 4.78 is 28.8. The van der Waals surface area contributed by atoms with Crippen molar-refractivity contribution in [2.45, 2.75) is 43.7 Å². The van der Waals surface area contributed by atoms with Crippen molar-refractivity contribution >= 4 is 50.6 Å². The van der Waals surface area contributed by atoms with Crippen molar-refractivity contribution in [3.63, 3.8) is 0 Å². The smallest absolute Gasteiger partial charge is 0.264 e. The summed E-state index contributed by atoms with van der Waals surface area (Å²) in [6.07, 6.45) is 1.75. The van der Waals surface area contributed by atoms with Crippen LogP contribution in [0.15, 0.2) is 59.6 Å². The SMILES string of the molecule is Cc1cccc(S(=O)(=O)N2C[C@@H](NC(=O)[C@H](C)N)Cc3ncc(CC(=O)c4c(Cl)cccc4Cl)cc32)c1. The van der Waals surface area contributed by atoms with Gasteiger partial charge in [0.2, 0.25) is 5.91 Å². The molecule has 1 amide bonds. The second-order valence-electron chi connectivity index (χ2n) is 9.06. The molecule has 1 aliphatic rings. The van der Waals surface area contributed by atoms with Crippen LogP contribution in [0.5, 0.6) is 0 Å². The number of nitrogens with zero attached hydrogens (tertiary/aromatic N) is 2. The molecule has 0 unspecified atom stereocenters. The van der Waals surface area contributed by atoms with E-state index in [1.165, 1.54) is 16.6 Å². The van der Waals surface area contributed by atoms with Gasteiger partial charge in [0.05, 0.1) is 50.5 Å². The lowest BCUT2D eigenvalue weighted by atomic mass is 10.00. The van der Waals surface area contributed by atoms with Crippen molar-refractivity contribution in [1.29, 1.82) is 0 Å². The number of aryl methyl sites for hydroxylation is 1. The van der Waals surface area contributed by atoms with Crippen LogP contribution in [0.3, 0.4) is 0 Å². The van der Waals surface area contributed by atoms with Crippen molar-refractivity contribution in [2.75, 3.05) is 10.8 Å². The van der Waals surface area contributed by atoms with Crippen LogP contribution in [-0.2, 0) is 27.7 Å². The molecule has 3 aromatic rings.